The van der Waals surface area contributed by atoms with Crippen molar-refractivity contribution in [3.05, 3.63) is 35.4 Å². The SMILES string of the molecule is Cl.O=C1c2ccccc2C2CNCCC12. The average molecular weight is 224 g/mol. The van der Waals surface area contributed by atoms with E-state index in [1.54, 1.807) is 0 Å². The number of halogens is 1. The normalized spacial score (nSPS) is 27.9. The maximum atomic E-state index is 12.0. The second-order valence-electron chi connectivity index (χ2n) is 4.16. The first-order chi connectivity index (χ1) is 6.88. The highest BCUT2D eigenvalue weighted by molar-refractivity contribution is 6.03. The van der Waals surface area contributed by atoms with Crippen LogP contribution in [0.15, 0.2) is 24.3 Å². The van der Waals surface area contributed by atoms with Crippen molar-refractivity contribution in [1.82, 2.24) is 5.32 Å². The molecule has 1 aromatic rings. The molecule has 1 heterocycles. The van der Waals surface area contributed by atoms with Crippen molar-refractivity contribution in [2.75, 3.05) is 13.1 Å². The average Bonchev–Trinajstić information content (AvgIpc) is 2.55. The smallest absolute Gasteiger partial charge is 0.166 e. The van der Waals surface area contributed by atoms with Gasteiger partial charge in [-0.15, -0.1) is 12.4 Å². The molecule has 0 aromatic heterocycles. The molecule has 0 amide bonds. The molecule has 3 heteroatoms. The van der Waals surface area contributed by atoms with Gasteiger partial charge in [-0.1, -0.05) is 24.3 Å². The number of hydrogen-bond donors (Lipinski definition) is 1. The number of rotatable bonds is 0. The Balaban J connectivity index is 0.000000853. The summed E-state index contributed by atoms with van der Waals surface area (Å²) in [7, 11) is 0. The zero-order valence-electron chi connectivity index (χ0n) is 8.40. The molecule has 2 aliphatic rings. The van der Waals surface area contributed by atoms with Gasteiger partial charge >= 0.3 is 0 Å². The van der Waals surface area contributed by atoms with Crippen LogP contribution < -0.4 is 5.32 Å². The molecule has 1 aliphatic carbocycles. The van der Waals surface area contributed by atoms with Crippen LogP contribution in [0.1, 0.15) is 28.3 Å². The van der Waals surface area contributed by atoms with E-state index in [1.165, 1.54) is 5.56 Å². The molecular weight excluding hydrogens is 210 g/mol. The Labute approximate surface area is 95.5 Å². The Morgan fingerprint density at radius 1 is 1.20 bits per heavy atom. The van der Waals surface area contributed by atoms with E-state index in [0.717, 1.165) is 25.1 Å². The van der Waals surface area contributed by atoms with Crippen LogP contribution in [0, 0.1) is 5.92 Å². The van der Waals surface area contributed by atoms with Crippen LogP contribution in [-0.2, 0) is 0 Å². The Morgan fingerprint density at radius 3 is 2.87 bits per heavy atom. The van der Waals surface area contributed by atoms with Gasteiger partial charge in [0.1, 0.15) is 0 Å². The summed E-state index contributed by atoms with van der Waals surface area (Å²) in [6, 6.07) is 8.06. The molecule has 1 saturated heterocycles. The molecular formula is C12H14ClNO. The molecule has 80 valence electrons. The highest BCUT2D eigenvalue weighted by Crippen LogP contribution is 2.40. The summed E-state index contributed by atoms with van der Waals surface area (Å²) in [5.41, 5.74) is 2.22. The molecule has 1 aliphatic heterocycles. The fraction of sp³-hybridized carbons (Fsp3) is 0.417. The molecule has 0 bridgehead atoms. The Morgan fingerprint density at radius 2 is 2.00 bits per heavy atom. The van der Waals surface area contributed by atoms with Gasteiger partial charge in [-0.3, -0.25) is 4.79 Å². The van der Waals surface area contributed by atoms with E-state index in [0.29, 0.717) is 11.7 Å². The summed E-state index contributed by atoms with van der Waals surface area (Å²) in [5, 5.41) is 3.37. The van der Waals surface area contributed by atoms with Gasteiger partial charge in [0.15, 0.2) is 5.78 Å². The van der Waals surface area contributed by atoms with Crippen molar-refractivity contribution in [2.45, 2.75) is 12.3 Å². The monoisotopic (exact) mass is 223 g/mol. The van der Waals surface area contributed by atoms with Gasteiger partial charge in [-0.05, 0) is 18.5 Å². The summed E-state index contributed by atoms with van der Waals surface area (Å²) in [6.45, 7) is 1.95. The first-order valence-corrected chi connectivity index (χ1v) is 5.22. The van der Waals surface area contributed by atoms with Crippen LogP contribution in [0.3, 0.4) is 0 Å². The van der Waals surface area contributed by atoms with Crippen molar-refractivity contribution < 1.29 is 4.79 Å². The van der Waals surface area contributed by atoms with Gasteiger partial charge in [0.2, 0.25) is 0 Å². The molecule has 1 aromatic carbocycles. The standard InChI is InChI=1S/C12H13NO.ClH/c14-12-9-4-2-1-3-8(9)11-7-13-6-5-10(11)12;/h1-4,10-11,13H,5-7H2;1H. The van der Waals surface area contributed by atoms with E-state index in [9.17, 15) is 4.79 Å². The van der Waals surface area contributed by atoms with Gasteiger partial charge in [0.05, 0.1) is 0 Å². The minimum absolute atomic E-state index is 0. The van der Waals surface area contributed by atoms with Gasteiger partial charge < -0.3 is 5.32 Å². The Bertz CT molecular complexity index is 391. The molecule has 15 heavy (non-hydrogen) atoms. The highest BCUT2D eigenvalue weighted by Gasteiger charge is 2.40. The fourth-order valence-corrected chi connectivity index (χ4v) is 2.74. The number of Topliss-reactive ketones (excluding diaryl/α,β-unsaturated/α-hetero) is 1. The lowest BCUT2D eigenvalue weighted by Gasteiger charge is -2.25. The van der Waals surface area contributed by atoms with E-state index in [-0.39, 0.29) is 18.3 Å². The molecule has 0 spiro atoms. The summed E-state index contributed by atoms with van der Waals surface area (Å²) in [4.78, 5) is 12.0. The third-order valence-corrected chi connectivity index (χ3v) is 3.44. The van der Waals surface area contributed by atoms with Crippen LogP contribution in [0.2, 0.25) is 0 Å². The largest absolute Gasteiger partial charge is 0.316 e. The molecule has 2 nitrogen and oxygen atoms in total. The minimum Gasteiger partial charge on any atom is -0.316 e. The number of hydrogen-bond acceptors (Lipinski definition) is 2. The fourth-order valence-electron chi connectivity index (χ4n) is 2.74. The lowest BCUT2D eigenvalue weighted by atomic mass is 9.87. The summed E-state index contributed by atoms with van der Waals surface area (Å²) in [6.07, 6.45) is 0.998. The van der Waals surface area contributed by atoms with Crippen LogP contribution in [0.5, 0.6) is 0 Å². The lowest BCUT2D eigenvalue weighted by molar-refractivity contribution is 0.0904. The van der Waals surface area contributed by atoms with Crippen LogP contribution in [-0.4, -0.2) is 18.9 Å². The van der Waals surface area contributed by atoms with Gasteiger partial charge in [-0.25, -0.2) is 0 Å². The van der Waals surface area contributed by atoms with Crippen molar-refractivity contribution >= 4 is 18.2 Å². The second-order valence-corrected chi connectivity index (χ2v) is 4.16. The number of benzene rings is 1. The number of piperidine rings is 1. The maximum Gasteiger partial charge on any atom is 0.166 e. The Hall–Kier alpha value is -0.860. The Kier molecular flexibility index (Phi) is 2.81. The number of carbonyl (C=O) groups is 1. The summed E-state index contributed by atoms with van der Waals surface area (Å²) >= 11 is 0. The molecule has 3 rings (SSSR count). The van der Waals surface area contributed by atoms with Crippen LogP contribution >= 0.6 is 12.4 Å². The van der Waals surface area contributed by atoms with Gasteiger partial charge in [0, 0.05) is 23.9 Å². The predicted molar refractivity (Wildman–Crippen MR) is 61.7 cm³/mol. The first kappa shape index (κ1) is 10.7. The zero-order valence-corrected chi connectivity index (χ0v) is 9.22. The van der Waals surface area contributed by atoms with E-state index in [4.69, 9.17) is 0 Å². The summed E-state index contributed by atoms with van der Waals surface area (Å²) < 4.78 is 0. The lowest BCUT2D eigenvalue weighted by Crippen LogP contribution is -2.34. The molecule has 2 atom stereocenters. The number of ketones is 1. The van der Waals surface area contributed by atoms with E-state index in [1.807, 2.05) is 18.2 Å². The highest BCUT2D eigenvalue weighted by atomic mass is 35.5. The van der Waals surface area contributed by atoms with Crippen molar-refractivity contribution in [2.24, 2.45) is 5.92 Å². The predicted octanol–water partition coefficient (Wildman–Crippen LogP) is 2.00. The minimum atomic E-state index is 0. The van der Waals surface area contributed by atoms with Crippen molar-refractivity contribution in [3.63, 3.8) is 0 Å². The quantitative estimate of drug-likeness (QED) is 0.729. The van der Waals surface area contributed by atoms with Crippen LogP contribution in [0.25, 0.3) is 0 Å². The third-order valence-electron chi connectivity index (χ3n) is 3.44. The van der Waals surface area contributed by atoms with Crippen LogP contribution in [0.4, 0.5) is 0 Å². The number of nitrogens with one attached hydrogen (secondary N) is 1. The van der Waals surface area contributed by atoms with Gasteiger partial charge in [-0.2, -0.15) is 0 Å². The van der Waals surface area contributed by atoms with E-state index >= 15 is 0 Å². The number of fused-ring (bicyclic) bond motifs is 3. The third kappa shape index (κ3) is 1.48. The molecule has 1 N–H and O–H groups in total. The summed E-state index contributed by atoms with van der Waals surface area (Å²) in [5.74, 6) is 1.06. The van der Waals surface area contributed by atoms with Crippen molar-refractivity contribution in [1.29, 1.82) is 0 Å². The topological polar surface area (TPSA) is 29.1 Å². The second kappa shape index (κ2) is 3.95. The van der Waals surface area contributed by atoms with E-state index < -0.39 is 0 Å². The molecule has 0 radical (unpaired) electrons. The zero-order chi connectivity index (χ0) is 9.54. The molecule has 0 saturated carbocycles. The molecule has 1 fully saturated rings. The maximum absolute atomic E-state index is 12.0. The van der Waals surface area contributed by atoms with Gasteiger partial charge in [0.25, 0.3) is 0 Å². The van der Waals surface area contributed by atoms with E-state index in [2.05, 4.69) is 11.4 Å². The van der Waals surface area contributed by atoms with Crippen molar-refractivity contribution in [3.8, 4) is 0 Å². The molecule has 2 unspecified atom stereocenters. The number of carbonyl (C=O) groups excluding carboxylic acids is 1. The first-order valence-electron chi connectivity index (χ1n) is 5.22.